The highest BCUT2D eigenvalue weighted by Gasteiger charge is 2.23. The Labute approximate surface area is 248 Å². The number of carbonyl (C=O) groups excluding carboxylic acids is 2. The Balaban J connectivity index is 1.74. The molecular weight excluding hydrogens is 582 g/mol. The second kappa shape index (κ2) is 13.8. The zero-order valence-electron chi connectivity index (χ0n) is 22.8. The Bertz CT molecular complexity index is 1770. The number of nitrogens with zero attached hydrogens (tertiary/aromatic N) is 6. The second-order valence-corrected chi connectivity index (χ2v) is 10.5. The first-order valence-corrected chi connectivity index (χ1v) is 14.2. The third-order valence-corrected chi connectivity index (χ3v) is 7.44. The van der Waals surface area contributed by atoms with Gasteiger partial charge in [-0.1, -0.05) is 43.6 Å². The lowest BCUT2D eigenvalue weighted by atomic mass is 9.98. The number of hydrogen-bond donors (Lipinski definition) is 2. The fourth-order valence-electron chi connectivity index (χ4n) is 3.74. The number of benzene rings is 3. The molecule has 2 atom stereocenters. The van der Waals surface area contributed by atoms with Crippen molar-refractivity contribution in [2.75, 3.05) is 23.3 Å². The third kappa shape index (κ3) is 7.13. The zero-order valence-corrected chi connectivity index (χ0v) is 24.5. The first-order chi connectivity index (χ1) is 20.2. The monoisotopic (exact) mass is 608 g/mol. The molecule has 1 N–H and O–H groups in total. The average molecular weight is 609 g/mol. The molecule has 14 heteroatoms. The normalized spacial score (nSPS) is 12.2. The SMILES string of the molecule is COc1ccc(Cl)c(Nc2nc3ccccc3nc2N(c2cccc(C(=O)N=[N+]=NCC(C)C(C)C=O)c2)[SH](=O)=O)c1. The number of hydrogen-bond acceptors (Lipinski definition) is 9. The minimum Gasteiger partial charge on any atom is -0.497 e. The van der Waals surface area contributed by atoms with Gasteiger partial charge in [0, 0.05) is 12.0 Å². The van der Waals surface area contributed by atoms with E-state index in [1.54, 1.807) is 49.4 Å². The van der Waals surface area contributed by atoms with E-state index in [9.17, 15) is 18.0 Å². The van der Waals surface area contributed by atoms with E-state index in [1.165, 1.54) is 31.4 Å². The summed E-state index contributed by atoms with van der Waals surface area (Å²) in [6, 6.07) is 17.8. The van der Waals surface area contributed by atoms with Gasteiger partial charge in [0.25, 0.3) is 0 Å². The molecule has 0 aliphatic carbocycles. The average Bonchev–Trinajstić information content (AvgIpc) is 3.00. The zero-order chi connectivity index (χ0) is 30.2. The van der Waals surface area contributed by atoms with E-state index in [0.29, 0.717) is 27.5 Å². The van der Waals surface area contributed by atoms with Crippen molar-refractivity contribution in [3.63, 3.8) is 0 Å². The molecule has 0 radical (unpaired) electrons. The van der Waals surface area contributed by atoms with Crippen LogP contribution in [-0.4, -0.2) is 44.2 Å². The first-order valence-electron chi connectivity index (χ1n) is 12.7. The second-order valence-electron chi connectivity index (χ2n) is 9.25. The number of anilines is 4. The van der Waals surface area contributed by atoms with Crippen LogP contribution in [0.4, 0.5) is 23.0 Å². The molecule has 0 saturated carbocycles. The largest absolute Gasteiger partial charge is 0.497 e. The van der Waals surface area contributed by atoms with Gasteiger partial charge < -0.3 is 14.8 Å². The fourth-order valence-corrected chi connectivity index (χ4v) is 4.51. The van der Waals surface area contributed by atoms with Gasteiger partial charge in [0.15, 0.2) is 11.6 Å². The van der Waals surface area contributed by atoms with E-state index < -0.39 is 16.8 Å². The number of methoxy groups -OCH3 is 1. The first kappa shape index (κ1) is 30.3. The molecule has 0 bridgehead atoms. The quantitative estimate of drug-likeness (QED) is 0.101. The van der Waals surface area contributed by atoms with Crippen molar-refractivity contribution in [2.24, 2.45) is 22.1 Å². The van der Waals surface area contributed by atoms with Crippen molar-refractivity contribution in [3.05, 3.63) is 77.3 Å². The van der Waals surface area contributed by atoms with Crippen LogP contribution in [0.2, 0.25) is 5.02 Å². The number of nitrogens with one attached hydrogen (secondary N) is 1. The minimum atomic E-state index is -3.32. The summed E-state index contributed by atoms with van der Waals surface area (Å²) in [7, 11) is -1.81. The number of amides is 1. The molecule has 1 aromatic heterocycles. The Morgan fingerprint density at radius 2 is 1.83 bits per heavy atom. The van der Waals surface area contributed by atoms with E-state index in [-0.39, 0.29) is 41.3 Å². The van der Waals surface area contributed by atoms with Crippen molar-refractivity contribution in [2.45, 2.75) is 13.8 Å². The summed E-state index contributed by atoms with van der Waals surface area (Å²) in [5, 5.41) is 10.9. The van der Waals surface area contributed by atoms with Gasteiger partial charge >= 0.3 is 5.91 Å². The third-order valence-electron chi connectivity index (χ3n) is 6.36. The Kier molecular flexibility index (Phi) is 9.92. The van der Waals surface area contributed by atoms with Gasteiger partial charge in [0.2, 0.25) is 20.9 Å². The summed E-state index contributed by atoms with van der Waals surface area (Å²) in [6.07, 6.45) is 0.826. The smallest absolute Gasteiger partial charge is 0.360 e. The molecule has 4 aromatic rings. The number of carbonyl (C=O) groups is 2. The van der Waals surface area contributed by atoms with Crippen LogP contribution in [-0.2, 0) is 15.7 Å². The highest BCUT2D eigenvalue weighted by molar-refractivity contribution is 7.74. The van der Waals surface area contributed by atoms with Crippen LogP contribution in [0.15, 0.2) is 77.0 Å². The van der Waals surface area contributed by atoms with Crippen LogP contribution in [0, 0.1) is 11.8 Å². The van der Waals surface area contributed by atoms with Crippen molar-refractivity contribution >= 4 is 68.7 Å². The van der Waals surface area contributed by atoms with Crippen molar-refractivity contribution in [3.8, 4) is 5.75 Å². The number of aldehydes is 1. The van der Waals surface area contributed by atoms with Crippen molar-refractivity contribution in [1.82, 2.24) is 14.9 Å². The maximum Gasteiger partial charge on any atom is 0.360 e. The maximum atomic E-state index is 12.7. The maximum absolute atomic E-state index is 12.7. The number of ether oxygens (including phenoxy) is 1. The van der Waals surface area contributed by atoms with Gasteiger partial charge in [0.1, 0.15) is 23.7 Å². The predicted molar refractivity (Wildman–Crippen MR) is 160 cm³/mol. The summed E-state index contributed by atoms with van der Waals surface area (Å²) >= 11 is 6.40. The summed E-state index contributed by atoms with van der Waals surface area (Å²) < 4.78 is 31.6. The van der Waals surface area contributed by atoms with Crippen LogP contribution < -0.4 is 19.3 Å². The van der Waals surface area contributed by atoms with Gasteiger partial charge in [-0.05, 0) is 48.4 Å². The van der Waals surface area contributed by atoms with Gasteiger partial charge in [-0.25, -0.2) is 22.7 Å². The van der Waals surface area contributed by atoms with Crippen molar-refractivity contribution in [1.29, 1.82) is 0 Å². The molecule has 0 aliphatic rings. The van der Waals surface area contributed by atoms with E-state index in [2.05, 4.69) is 30.4 Å². The number of aromatic nitrogens is 2. The summed E-state index contributed by atoms with van der Waals surface area (Å²) in [5.74, 6) is -0.457. The minimum absolute atomic E-state index is 0.0526. The molecule has 1 heterocycles. The molecule has 0 fully saturated rings. The molecule has 0 spiro atoms. The molecule has 4 rings (SSSR count). The highest BCUT2D eigenvalue weighted by Crippen LogP contribution is 2.36. The molecule has 3 aromatic carbocycles. The summed E-state index contributed by atoms with van der Waals surface area (Å²) in [4.78, 5) is 36.4. The van der Waals surface area contributed by atoms with Crippen LogP contribution in [0.5, 0.6) is 5.75 Å². The van der Waals surface area contributed by atoms with Crippen LogP contribution in [0.3, 0.4) is 0 Å². The number of thiol groups is 1. The molecule has 1 amide bonds. The number of rotatable bonds is 11. The van der Waals surface area contributed by atoms with Crippen LogP contribution >= 0.6 is 11.6 Å². The standard InChI is InChI=1S/C28H26ClN7O5S/c1-17(18(2)16-37)15-30-35-34-28(38)19-7-6-8-20(13-19)36(42(39)40)27-26(31-23-9-4-5-10-24(23)33-27)32-25-14-21(41-3)11-12-22(25)29/h4-14,16-18,42H,15H2,1-3H3/p+1. The Hall–Kier alpha value is -4.71. The van der Waals surface area contributed by atoms with Crippen LogP contribution in [0.25, 0.3) is 11.0 Å². The molecule has 0 saturated heterocycles. The molecular formula is C28H27ClN7O5S+. The topological polar surface area (TPSA) is 157 Å². The van der Waals surface area contributed by atoms with E-state index in [1.807, 2.05) is 6.92 Å². The summed E-state index contributed by atoms with van der Waals surface area (Å²) in [5.41, 5.74) is 1.54. The predicted octanol–water partition coefficient (Wildman–Crippen LogP) is 5.28. The highest BCUT2D eigenvalue weighted by atomic mass is 35.5. The lowest BCUT2D eigenvalue weighted by molar-refractivity contribution is -0.111. The number of fused-ring (bicyclic) bond motifs is 1. The molecule has 216 valence electrons. The number of para-hydroxylation sites is 2. The van der Waals surface area contributed by atoms with E-state index in [4.69, 9.17) is 16.3 Å². The lowest BCUT2D eigenvalue weighted by Crippen LogP contribution is -2.19. The van der Waals surface area contributed by atoms with E-state index >= 15 is 0 Å². The molecule has 0 aliphatic heterocycles. The van der Waals surface area contributed by atoms with E-state index in [0.717, 1.165) is 10.6 Å². The molecule has 42 heavy (non-hydrogen) atoms. The molecule has 12 nitrogen and oxygen atoms in total. The Morgan fingerprint density at radius 1 is 1.10 bits per heavy atom. The van der Waals surface area contributed by atoms with Gasteiger partial charge in [-0.2, -0.15) is 0 Å². The number of halogens is 1. The van der Waals surface area contributed by atoms with Gasteiger partial charge in [0.05, 0.1) is 40.1 Å². The van der Waals surface area contributed by atoms with Crippen molar-refractivity contribution < 1.29 is 22.7 Å². The summed E-state index contributed by atoms with van der Waals surface area (Å²) in [6.45, 7) is 3.82. The van der Waals surface area contributed by atoms with Crippen LogP contribution in [0.1, 0.15) is 24.2 Å². The lowest BCUT2D eigenvalue weighted by Gasteiger charge is -2.21. The fraction of sp³-hybridized carbons (Fsp3) is 0.214. The van der Waals surface area contributed by atoms with Gasteiger partial charge in [-0.15, -0.1) is 0 Å². The molecule has 2 unspecified atom stereocenters. The van der Waals surface area contributed by atoms with Gasteiger partial charge in [-0.3, -0.25) is 4.79 Å². The Morgan fingerprint density at radius 3 is 2.52 bits per heavy atom.